The van der Waals surface area contributed by atoms with Gasteiger partial charge in [0, 0.05) is 12.2 Å². The van der Waals surface area contributed by atoms with Crippen LogP contribution in [0.2, 0.25) is 0 Å². The number of hydrogen-bond acceptors (Lipinski definition) is 3. The van der Waals surface area contributed by atoms with Gasteiger partial charge < -0.3 is 5.32 Å². The highest BCUT2D eigenvalue weighted by molar-refractivity contribution is 7.92. The van der Waals surface area contributed by atoms with Gasteiger partial charge in [-0.05, 0) is 42.3 Å². The van der Waals surface area contributed by atoms with E-state index in [1.165, 1.54) is 6.07 Å². The number of halogens is 1. The summed E-state index contributed by atoms with van der Waals surface area (Å²) in [6, 6.07) is 11.9. The molecule has 0 unspecified atom stereocenters. The number of sulfonamides is 1. The Bertz CT molecular complexity index is 745. The van der Waals surface area contributed by atoms with Crippen molar-refractivity contribution < 1.29 is 12.8 Å². The first-order chi connectivity index (χ1) is 9.83. The van der Waals surface area contributed by atoms with E-state index in [0.29, 0.717) is 17.8 Å². The van der Waals surface area contributed by atoms with E-state index in [1.807, 2.05) is 6.07 Å². The zero-order chi connectivity index (χ0) is 15.5. The van der Waals surface area contributed by atoms with Crippen molar-refractivity contribution in [3.63, 3.8) is 0 Å². The van der Waals surface area contributed by atoms with Gasteiger partial charge in [0.2, 0.25) is 10.0 Å². The number of nitrogens with one attached hydrogen (secondary N) is 2. The van der Waals surface area contributed by atoms with Crippen LogP contribution in [0, 0.1) is 12.7 Å². The van der Waals surface area contributed by atoms with Gasteiger partial charge in [0.05, 0.1) is 11.9 Å². The van der Waals surface area contributed by atoms with E-state index in [9.17, 15) is 12.8 Å². The third-order valence-electron chi connectivity index (χ3n) is 2.88. The van der Waals surface area contributed by atoms with Crippen LogP contribution in [0.5, 0.6) is 0 Å². The van der Waals surface area contributed by atoms with Gasteiger partial charge in [-0.15, -0.1) is 0 Å². The van der Waals surface area contributed by atoms with E-state index >= 15 is 0 Å². The zero-order valence-electron chi connectivity index (χ0n) is 11.9. The fourth-order valence-corrected chi connectivity index (χ4v) is 2.48. The van der Waals surface area contributed by atoms with Crippen molar-refractivity contribution in [2.45, 2.75) is 13.5 Å². The summed E-state index contributed by atoms with van der Waals surface area (Å²) in [7, 11) is -3.29. The summed E-state index contributed by atoms with van der Waals surface area (Å²) >= 11 is 0. The molecule has 0 aliphatic heterocycles. The van der Waals surface area contributed by atoms with Gasteiger partial charge in [0.15, 0.2) is 0 Å². The van der Waals surface area contributed by atoms with E-state index in [0.717, 1.165) is 17.5 Å². The molecule has 0 aliphatic carbocycles. The quantitative estimate of drug-likeness (QED) is 0.892. The molecule has 0 radical (unpaired) electrons. The normalized spacial score (nSPS) is 11.2. The van der Waals surface area contributed by atoms with Gasteiger partial charge in [-0.25, -0.2) is 12.8 Å². The number of benzene rings is 2. The molecule has 2 N–H and O–H groups in total. The monoisotopic (exact) mass is 308 g/mol. The Morgan fingerprint density at radius 1 is 1.10 bits per heavy atom. The van der Waals surface area contributed by atoms with Crippen LogP contribution in [0.15, 0.2) is 42.5 Å². The van der Waals surface area contributed by atoms with Gasteiger partial charge in [0.25, 0.3) is 0 Å². The van der Waals surface area contributed by atoms with Crippen LogP contribution >= 0.6 is 0 Å². The summed E-state index contributed by atoms with van der Waals surface area (Å²) in [5, 5.41) is 3.18. The maximum atomic E-state index is 13.2. The molecule has 0 aliphatic rings. The Morgan fingerprint density at radius 2 is 1.81 bits per heavy atom. The van der Waals surface area contributed by atoms with Crippen molar-refractivity contribution in [1.82, 2.24) is 0 Å². The molecule has 0 aromatic heterocycles. The highest BCUT2D eigenvalue weighted by Gasteiger charge is 2.03. The molecular weight excluding hydrogens is 291 g/mol. The molecular formula is C15H17FN2O2S. The van der Waals surface area contributed by atoms with Crippen LogP contribution in [0.3, 0.4) is 0 Å². The van der Waals surface area contributed by atoms with Crippen molar-refractivity contribution in [2.75, 3.05) is 16.3 Å². The third kappa shape index (κ3) is 4.75. The van der Waals surface area contributed by atoms with E-state index < -0.39 is 10.0 Å². The van der Waals surface area contributed by atoms with Crippen molar-refractivity contribution in [1.29, 1.82) is 0 Å². The van der Waals surface area contributed by atoms with Crippen molar-refractivity contribution in [3.8, 4) is 0 Å². The van der Waals surface area contributed by atoms with Crippen LogP contribution in [-0.2, 0) is 16.6 Å². The Labute approximate surface area is 124 Å². The van der Waals surface area contributed by atoms with Gasteiger partial charge >= 0.3 is 0 Å². The second-order valence-electron chi connectivity index (χ2n) is 4.89. The predicted molar refractivity (Wildman–Crippen MR) is 83.4 cm³/mol. The standard InChI is InChI=1S/C15H17FN2O2S/c1-11-8-12(6-7-15(11)16)10-17-13-4-3-5-14(9-13)18-21(2,19)20/h3-9,17-18H,10H2,1-2H3. The lowest BCUT2D eigenvalue weighted by atomic mass is 10.1. The highest BCUT2D eigenvalue weighted by Crippen LogP contribution is 2.17. The summed E-state index contributed by atoms with van der Waals surface area (Å²) in [5.41, 5.74) is 2.83. The lowest BCUT2D eigenvalue weighted by Crippen LogP contribution is -2.09. The molecule has 2 rings (SSSR count). The summed E-state index contributed by atoms with van der Waals surface area (Å²) in [6.45, 7) is 2.25. The predicted octanol–water partition coefficient (Wildman–Crippen LogP) is 3.12. The van der Waals surface area contributed by atoms with Crippen LogP contribution < -0.4 is 10.0 Å². The van der Waals surface area contributed by atoms with Gasteiger partial charge in [-0.3, -0.25) is 4.72 Å². The maximum Gasteiger partial charge on any atom is 0.229 e. The lowest BCUT2D eigenvalue weighted by Gasteiger charge is -2.10. The van der Waals surface area contributed by atoms with Gasteiger partial charge in [0.1, 0.15) is 5.82 Å². The molecule has 0 saturated heterocycles. The minimum atomic E-state index is -3.29. The molecule has 0 atom stereocenters. The lowest BCUT2D eigenvalue weighted by molar-refractivity contribution is 0.607. The second-order valence-corrected chi connectivity index (χ2v) is 6.64. The number of hydrogen-bond donors (Lipinski definition) is 2. The summed E-state index contributed by atoms with van der Waals surface area (Å²) < 4.78 is 38.0. The number of anilines is 2. The topological polar surface area (TPSA) is 58.2 Å². The highest BCUT2D eigenvalue weighted by atomic mass is 32.2. The zero-order valence-corrected chi connectivity index (χ0v) is 12.7. The van der Waals surface area contributed by atoms with Gasteiger partial charge in [-0.1, -0.05) is 18.2 Å². The maximum absolute atomic E-state index is 13.2. The molecule has 112 valence electrons. The fraction of sp³-hybridized carbons (Fsp3) is 0.200. The van der Waals surface area contributed by atoms with Crippen molar-refractivity contribution >= 4 is 21.4 Å². The summed E-state index contributed by atoms with van der Waals surface area (Å²) in [4.78, 5) is 0. The number of rotatable bonds is 5. The van der Waals surface area contributed by atoms with Crippen LogP contribution in [-0.4, -0.2) is 14.7 Å². The third-order valence-corrected chi connectivity index (χ3v) is 3.49. The molecule has 0 heterocycles. The summed E-state index contributed by atoms with van der Waals surface area (Å²) in [5.74, 6) is -0.224. The molecule has 2 aromatic carbocycles. The van der Waals surface area contributed by atoms with E-state index in [1.54, 1.807) is 37.3 Å². The second kappa shape index (κ2) is 6.13. The molecule has 0 spiro atoms. The SMILES string of the molecule is Cc1cc(CNc2cccc(NS(C)(=O)=O)c2)ccc1F. The average molecular weight is 308 g/mol. The molecule has 0 fully saturated rings. The number of aryl methyl sites for hydroxylation is 1. The molecule has 4 nitrogen and oxygen atoms in total. The Morgan fingerprint density at radius 3 is 2.48 bits per heavy atom. The van der Waals surface area contributed by atoms with Crippen molar-refractivity contribution in [2.24, 2.45) is 0 Å². The molecule has 21 heavy (non-hydrogen) atoms. The van der Waals surface area contributed by atoms with Crippen molar-refractivity contribution in [3.05, 3.63) is 59.4 Å². The first-order valence-electron chi connectivity index (χ1n) is 6.40. The molecule has 0 bridgehead atoms. The minimum Gasteiger partial charge on any atom is -0.381 e. The van der Waals surface area contributed by atoms with Crippen LogP contribution in [0.25, 0.3) is 0 Å². The first kappa shape index (κ1) is 15.3. The first-order valence-corrected chi connectivity index (χ1v) is 8.29. The Kier molecular flexibility index (Phi) is 4.47. The fourth-order valence-electron chi connectivity index (χ4n) is 1.93. The van der Waals surface area contributed by atoms with Gasteiger partial charge in [-0.2, -0.15) is 0 Å². The Hall–Kier alpha value is -2.08. The minimum absolute atomic E-state index is 0.224. The molecule has 0 saturated carbocycles. The summed E-state index contributed by atoms with van der Waals surface area (Å²) in [6.07, 6.45) is 1.11. The largest absolute Gasteiger partial charge is 0.381 e. The van der Waals surface area contributed by atoms with E-state index in [-0.39, 0.29) is 5.82 Å². The molecule has 6 heteroatoms. The molecule has 0 amide bonds. The molecule has 2 aromatic rings. The van der Waals surface area contributed by atoms with E-state index in [2.05, 4.69) is 10.0 Å². The average Bonchev–Trinajstić information content (AvgIpc) is 2.39. The Balaban J connectivity index is 2.06. The van der Waals surface area contributed by atoms with E-state index in [4.69, 9.17) is 0 Å². The van der Waals surface area contributed by atoms with Crippen LogP contribution in [0.4, 0.5) is 15.8 Å². The van der Waals surface area contributed by atoms with Crippen LogP contribution in [0.1, 0.15) is 11.1 Å². The smallest absolute Gasteiger partial charge is 0.229 e.